The van der Waals surface area contributed by atoms with Gasteiger partial charge in [0, 0.05) is 16.8 Å². The summed E-state index contributed by atoms with van der Waals surface area (Å²) in [6, 6.07) is 14.8. The van der Waals surface area contributed by atoms with E-state index in [1.165, 1.54) is 0 Å². The Kier molecular flexibility index (Phi) is 3.64. The van der Waals surface area contributed by atoms with Crippen molar-refractivity contribution in [3.05, 3.63) is 69.3 Å². The van der Waals surface area contributed by atoms with E-state index in [0.29, 0.717) is 16.4 Å². The Morgan fingerprint density at radius 3 is 2.70 bits per heavy atom. The highest BCUT2D eigenvalue weighted by Crippen LogP contribution is 2.27. The molecule has 1 heterocycles. The molecule has 3 rings (SSSR count). The molecule has 0 saturated heterocycles. The molecule has 4 heteroatoms. The third-order valence-electron chi connectivity index (χ3n) is 3.02. The highest BCUT2D eigenvalue weighted by Gasteiger charge is 2.14. The van der Waals surface area contributed by atoms with Gasteiger partial charge < -0.3 is 4.42 Å². The maximum absolute atomic E-state index is 12.3. The minimum Gasteiger partial charge on any atom is -0.452 e. The molecule has 0 aliphatic carbocycles. The molecule has 0 spiro atoms. The zero-order valence-electron chi connectivity index (χ0n) is 10.4. The lowest BCUT2D eigenvalue weighted by Gasteiger charge is -1.99. The number of ketones is 1. The Bertz CT molecular complexity index is 792. The van der Waals surface area contributed by atoms with E-state index in [1.54, 1.807) is 18.2 Å². The van der Waals surface area contributed by atoms with Crippen LogP contribution in [0.3, 0.4) is 0 Å². The van der Waals surface area contributed by atoms with Crippen molar-refractivity contribution in [3.63, 3.8) is 0 Å². The van der Waals surface area contributed by atoms with Crippen LogP contribution in [0.25, 0.3) is 11.0 Å². The summed E-state index contributed by atoms with van der Waals surface area (Å²) in [4.78, 5) is 12.3. The molecule has 0 aliphatic heterocycles. The molecular formula is C16H10BrClO2. The number of benzene rings is 2. The van der Waals surface area contributed by atoms with Gasteiger partial charge in [-0.2, -0.15) is 0 Å². The number of furan rings is 1. The second-order valence-electron chi connectivity index (χ2n) is 4.50. The van der Waals surface area contributed by atoms with Crippen LogP contribution in [0.5, 0.6) is 0 Å². The van der Waals surface area contributed by atoms with Crippen molar-refractivity contribution >= 4 is 44.3 Å². The lowest BCUT2D eigenvalue weighted by Crippen LogP contribution is -2.01. The topological polar surface area (TPSA) is 30.2 Å². The smallest absolute Gasteiger partial charge is 0.202 e. The molecule has 0 atom stereocenters. The summed E-state index contributed by atoms with van der Waals surface area (Å²) in [5, 5.41) is 1.54. The molecule has 3 aromatic rings. The number of carbonyl (C=O) groups is 1. The van der Waals surface area contributed by atoms with Crippen molar-refractivity contribution < 1.29 is 9.21 Å². The predicted molar refractivity (Wildman–Crippen MR) is 83.4 cm³/mol. The minimum atomic E-state index is -0.0598. The number of hydrogen-bond acceptors (Lipinski definition) is 2. The van der Waals surface area contributed by atoms with Gasteiger partial charge in [0.2, 0.25) is 5.78 Å². The van der Waals surface area contributed by atoms with E-state index in [4.69, 9.17) is 16.0 Å². The van der Waals surface area contributed by atoms with Crippen LogP contribution in [0.2, 0.25) is 5.02 Å². The highest BCUT2D eigenvalue weighted by molar-refractivity contribution is 9.10. The van der Waals surface area contributed by atoms with Crippen molar-refractivity contribution in [1.29, 1.82) is 0 Å². The first kappa shape index (κ1) is 13.4. The molecule has 0 N–H and O–H groups in total. The third kappa shape index (κ3) is 2.65. The SMILES string of the molecule is O=C(Cc1cccc(Cl)c1)c1cc2cccc(Br)c2o1. The van der Waals surface area contributed by atoms with E-state index >= 15 is 0 Å². The molecule has 0 bridgehead atoms. The van der Waals surface area contributed by atoms with Crippen molar-refractivity contribution in [3.8, 4) is 0 Å². The average Bonchev–Trinajstić information content (AvgIpc) is 2.84. The summed E-state index contributed by atoms with van der Waals surface area (Å²) < 4.78 is 6.48. The molecule has 0 unspecified atom stereocenters. The van der Waals surface area contributed by atoms with Gasteiger partial charge in [0.15, 0.2) is 5.76 Å². The maximum Gasteiger partial charge on any atom is 0.202 e. The Morgan fingerprint density at radius 2 is 1.95 bits per heavy atom. The van der Waals surface area contributed by atoms with E-state index < -0.39 is 0 Å². The van der Waals surface area contributed by atoms with Crippen LogP contribution < -0.4 is 0 Å². The van der Waals surface area contributed by atoms with Crippen molar-refractivity contribution in [1.82, 2.24) is 0 Å². The third-order valence-corrected chi connectivity index (χ3v) is 3.88. The molecule has 0 saturated carbocycles. The van der Waals surface area contributed by atoms with E-state index in [0.717, 1.165) is 15.4 Å². The molecule has 0 amide bonds. The number of fused-ring (bicyclic) bond motifs is 1. The Morgan fingerprint density at radius 1 is 1.15 bits per heavy atom. The number of Topliss-reactive ketones (excluding diaryl/α,β-unsaturated/α-hetero) is 1. The van der Waals surface area contributed by atoms with Crippen LogP contribution in [0.15, 0.2) is 57.4 Å². The van der Waals surface area contributed by atoms with E-state index in [-0.39, 0.29) is 12.2 Å². The van der Waals surface area contributed by atoms with Gasteiger partial charge in [-0.25, -0.2) is 0 Å². The fourth-order valence-electron chi connectivity index (χ4n) is 2.08. The number of rotatable bonds is 3. The monoisotopic (exact) mass is 348 g/mol. The van der Waals surface area contributed by atoms with Gasteiger partial charge in [0.25, 0.3) is 0 Å². The summed E-state index contributed by atoms with van der Waals surface area (Å²) in [6.45, 7) is 0. The standard InChI is InChI=1S/C16H10BrClO2/c17-13-6-2-4-11-9-15(20-16(11)13)14(19)8-10-3-1-5-12(18)7-10/h1-7,9H,8H2. The van der Waals surface area contributed by atoms with Crippen LogP contribution in [0, 0.1) is 0 Å². The largest absolute Gasteiger partial charge is 0.452 e. The molecule has 1 aromatic heterocycles. The van der Waals surface area contributed by atoms with Gasteiger partial charge in [0.05, 0.1) is 4.47 Å². The molecule has 0 fully saturated rings. The van der Waals surface area contributed by atoms with Crippen LogP contribution >= 0.6 is 27.5 Å². The predicted octanol–water partition coefficient (Wildman–Crippen LogP) is 5.27. The zero-order valence-corrected chi connectivity index (χ0v) is 12.7. The maximum atomic E-state index is 12.3. The van der Waals surface area contributed by atoms with Crippen molar-refractivity contribution in [2.75, 3.05) is 0 Å². The number of halogens is 2. The molecule has 100 valence electrons. The van der Waals surface area contributed by atoms with Gasteiger partial charge in [-0.15, -0.1) is 0 Å². The van der Waals surface area contributed by atoms with Gasteiger partial charge >= 0.3 is 0 Å². The fourth-order valence-corrected chi connectivity index (χ4v) is 2.76. The van der Waals surface area contributed by atoms with Crippen molar-refractivity contribution in [2.24, 2.45) is 0 Å². The Labute approximate surface area is 129 Å². The zero-order chi connectivity index (χ0) is 14.1. The molecule has 0 aliphatic rings. The van der Waals surface area contributed by atoms with Crippen LogP contribution in [0.1, 0.15) is 16.1 Å². The normalized spacial score (nSPS) is 10.9. The molecule has 20 heavy (non-hydrogen) atoms. The fraction of sp³-hybridized carbons (Fsp3) is 0.0625. The van der Waals surface area contributed by atoms with Crippen LogP contribution in [-0.2, 0) is 6.42 Å². The van der Waals surface area contributed by atoms with Gasteiger partial charge in [-0.05, 0) is 45.8 Å². The first-order chi connectivity index (χ1) is 9.63. The Balaban J connectivity index is 1.91. The first-order valence-electron chi connectivity index (χ1n) is 6.09. The summed E-state index contributed by atoms with van der Waals surface area (Å²) in [7, 11) is 0. The van der Waals surface area contributed by atoms with Crippen molar-refractivity contribution in [2.45, 2.75) is 6.42 Å². The molecular weight excluding hydrogens is 340 g/mol. The number of carbonyl (C=O) groups excluding carboxylic acids is 1. The molecule has 2 aromatic carbocycles. The summed E-state index contributed by atoms with van der Waals surface area (Å²) >= 11 is 9.33. The van der Waals surface area contributed by atoms with Gasteiger partial charge in [-0.3, -0.25) is 4.79 Å². The van der Waals surface area contributed by atoms with Crippen LogP contribution in [0.4, 0.5) is 0 Å². The quantitative estimate of drug-likeness (QED) is 0.603. The van der Waals surface area contributed by atoms with E-state index in [1.807, 2.05) is 30.3 Å². The molecule has 2 nitrogen and oxygen atoms in total. The number of hydrogen-bond donors (Lipinski definition) is 0. The summed E-state index contributed by atoms with van der Waals surface area (Å²) in [6.07, 6.45) is 0.276. The minimum absolute atomic E-state index is 0.0598. The first-order valence-corrected chi connectivity index (χ1v) is 7.26. The lowest BCUT2D eigenvalue weighted by atomic mass is 10.1. The second kappa shape index (κ2) is 5.43. The number of para-hydroxylation sites is 1. The molecule has 0 radical (unpaired) electrons. The van der Waals surface area contributed by atoms with E-state index in [9.17, 15) is 4.79 Å². The highest BCUT2D eigenvalue weighted by atomic mass is 79.9. The van der Waals surface area contributed by atoms with Crippen LogP contribution in [-0.4, -0.2) is 5.78 Å². The Hall–Kier alpha value is -1.58. The van der Waals surface area contributed by atoms with Gasteiger partial charge in [0.1, 0.15) is 5.58 Å². The van der Waals surface area contributed by atoms with Gasteiger partial charge in [-0.1, -0.05) is 35.9 Å². The summed E-state index contributed by atoms with van der Waals surface area (Å²) in [5.41, 5.74) is 1.57. The average molecular weight is 350 g/mol. The lowest BCUT2D eigenvalue weighted by molar-refractivity contribution is 0.0968. The second-order valence-corrected chi connectivity index (χ2v) is 5.79. The summed E-state index contributed by atoms with van der Waals surface area (Å²) in [5.74, 6) is 0.308. The van der Waals surface area contributed by atoms with E-state index in [2.05, 4.69) is 15.9 Å².